The minimum Gasteiger partial charge on any atom is -0.166 e. The van der Waals surface area contributed by atoms with Gasteiger partial charge in [-0.3, -0.25) is 0 Å². The van der Waals surface area contributed by atoms with E-state index in [4.69, 9.17) is 0 Å². The topological polar surface area (TPSA) is 0 Å². The van der Waals surface area contributed by atoms with Gasteiger partial charge in [0.25, 0.3) is 0 Å². The first-order valence-corrected chi connectivity index (χ1v) is 18.0. The van der Waals surface area contributed by atoms with E-state index < -0.39 is 79.1 Å². The van der Waals surface area contributed by atoms with E-state index in [-0.39, 0.29) is 12.1 Å². The molecule has 4 aromatic rings. The summed E-state index contributed by atoms with van der Waals surface area (Å²) in [5.41, 5.74) is -7.09. The number of halogens is 12. The molecule has 0 nitrogen and oxygen atoms in total. The summed E-state index contributed by atoms with van der Waals surface area (Å²) in [5.74, 6) is 0. The summed E-state index contributed by atoms with van der Waals surface area (Å²) < 4.78 is 168. The maximum Gasteiger partial charge on any atom is 0.416 e. The zero-order chi connectivity index (χ0) is 37.4. The zero-order valence-electron chi connectivity index (χ0n) is 26.3. The van der Waals surface area contributed by atoms with E-state index in [0.717, 1.165) is 16.2 Å². The summed E-state index contributed by atoms with van der Waals surface area (Å²) >= 11 is 0. The van der Waals surface area contributed by atoms with Crippen molar-refractivity contribution in [2.24, 2.45) is 0 Å². The van der Waals surface area contributed by atoms with Gasteiger partial charge >= 0.3 is 24.7 Å². The molecule has 14 heteroatoms. The molecular formula is C37H26F12P2. The third-order valence-corrected chi connectivity index (χ3v) is 13.2. The van der Waals surface area contributed by atoms with Crippen molar-refractivity contribution in [2.75, 3.05) is 6.16 Å². The molecule has 0 fully saturated rings. The molecule has 0 saturated heterocycles. The van der Waals surface area contributed by atoms with Crippen LogP contribution in [0.5, 0.6) is 0 Å². The van der Waals surface area contributed by atoms with E-state index in [1.807, 2.05) is 60.7 Å². The van der Waals surface area contributed by atoms with E-state index in [1.54, 1.807) is 13.0 Å². The second kappa shape index (κ2) is 14.6. The monoisotopic (exact) mass is 760 g/mol. The van der Waals surface area contributed by atoms with Crippen LogP contribution >= 0.6 is 15.8 Å². The van der Waals surface area contributed by atoms with E-state index in [1.165, 1.54) is 18.2 Å². The minimum atomic E-state index is -5.31. The first-order valence-electron chi connectivity index (χ1n) is 15.0. The zero-order valence-corrected chi connectivity index (χ0v) is 28.1. The van der Waals surface area contributed by atoms with Gasteiger partial charge in [-0.2, -0.15) is 52.7 Å². The van der Waals surface area contributed by atoms with Crippen LogP contribution in [0.1, 0.15) is 29.2 Å². The largest absolute Gasteiger partial charge is 0.416 e. The molecule has 1 aliphatic carbocycles. The van der Waals surface area contributed by atoms with Crippen LogP contribution < -0.4 is 21.2 Å². The maximum atomic E-state index is 14.0. The Bertz CT molecular complexity index is 1760. The van der Waals surface area contributed by atoms with Gasteiger partial charge < -0.3 is 0 Å². The lowest BCUT2D eigenvalue weighted by Gasteiger charge is -2.29. The average molecular weight is 761 g/mol. The highest BCUT2D eigenvalue weighted by Crippen LogP contribution is 2.50. The molecule has 268 valence electrons. The van der Waals surface area contributed by atoms with Crippen molar-refractivity contribution in [1.29, 1.82) is 0 Å². The van der Waals surface area contributed by atoms with Crippen molar-refractivity contribution < 1.29 is 52.7 Å². The maximum absolute atomic E-state index is 14.0. The molecule has 51 heavy (non-hydrogen) atoms. The molecular weight excluding hydrogens is 734 g/mol. The third-order valence-electron chi connectivity index (χ3n) is 7.86. The van der Waals surface area contributed by atoms with Gasteiger partial charge in [0.05, 0.1) is 22.3 Å². The predicted molar refractivity (Wildman–Crippen MR) is 178 cm³/mol. The third kappa shape index (κ3) is 9.32. The van der Waals surface area contributed by atoms with E-state index in [9.17, 15) is 52.7 Å². The van der Waals surface area contributed by atoms with Gasteiger partial charge in [-0.1, -0.05) is 90.5 Å². The van der Waals surface area contributed by atoms with E-state index in [2.05, 4.69) is 0 Å². The molecule has 0 amide bonds. The molecule has 0 heterocycles. The molecule has 0 radical (unpaired) electrons. The van der Waals surface area contributed by atoms with Crippen LogP contribution in [0.25, 0.3) is 0 Å². The number of benzene rings is 4. The Morgan fingerprint density at radius 1 is 0.549 bits per heavy atom. The van der Waals surface area contributed by atoms with Crippen LogP contribution in [0.4, 0.5) is 52.7 Å². The number of rotatable bonds is 8. The van der Waals surface area contributed by atoms with Crippen molar-refractivity contribution >= 4 is 37.1 Å². The summed E-state index contributed by atoms with van der Waals surface area (Å²) in [7, 11) is -3.79. The van der Waals surface area contributed by atoms with Crippen molar-refractivity contribution in [2.45, 2.75) is 37.3 Å². The van der Waals surface area contributed by atoms with Crippen molar-refractivity contribution in [1.82, 2.24) is 0 Å². The second-order valence-electron chi connectivity index (χ2n) is 11.6. The van der Waals surface area contributed by atoms with Crippen LogP contribution in [0.15, 0.2) is 133 Å². The molecule has 0 aromatic heterocycles. The van der Waals surface area contributed by atoms with Gasteiger partial charge in [0.15, 0.2) is 0 Å². The summed E-state index contributed by atoms with van der Waals surface area (Å²) in [5, 5.41) is 0.639. The standard InChI is InChI=1S/C37H26F12P2/c1-23(22-50(29-10-4-2-5-11-29)30-12-6-3-7-13-30)15-24-9-8-14-33(24)51(31-18-25(34(38,39)40)16-26(19-31)35(41,42)43)32-20-27(36(44,45)46)17-28(21-32)37(47,48)49/h2-21,33H,22H2,1H3/b23-15-. The fraction of sp³-hybridized carbons (Fsp3) is 0.189. The number of allylic oxidation sites excluding steroid dienone is 6. The highest BCUT2D eigenvalue weighted by molar-refractivity contribution is 7.74. The highest BCUT2D eigenvalue weighted by Gasteiger charge is 2.41. The molecule has 5 rings (SSSR count). The van der Waals surface area contributed by atoms with Crippen LogP contribution in [0, 0.1) is 0 Å². The average Bonchev–Trinajstić information content (AvgIpc) is 3.49. The van der Waals surface area contributed by atoms with Gasteiger partial charge in [-0.25, -0.2) is 0 Å². The van der Waals surface area contributed by atoms with Gasteiger partial charge in [-0.15, -0.1) is 0 Å². The molecule has 0 spiro atoms. The first-order chi connectivity index (χ1) is 23.7. The Kier molecular flexibility index (Phi) is 11.0. The Morgan fingerprint density at radius 3 is 1.27 bits per heavy atom. The van der Waals surface area contributed by atoms with Gasteiger partial charge in [-0.05, 0) is 92.1 Å². The summed E-state index contributed by atoms with van der Waals surface area (Å²) in [6.07, 6.45) is -14.8. The number of hydrogen-bond acceptors (Lipinski definition) is 0. The van der Waals surface area contributed by atoms with Crippen molar-refractivity contribution in [3.05, 3.63) is 155 Å². The Labute approximate surface area is 287 Å². The van der Waals surface area contributed by atoms with Crippen LogP contribution in [0.2, 0.25) is 0 Å². The lowest BCUT2D eigenvalue weighted by atomic mass is 10.1. The molecule has 0 bridgehead atoms. The van der Waals surface area contributed by atoms with Gasteiger partial charge in [0.2, 0.25) is 0 Å². The number of alkyl halides is 12. The highest BCUT2D eigenvalue weighted by atomic mass is 31.1. The van der Waals surface area contributed by atoms with E-state index >= 15 is 0 Å². The SMILES string of the molecule is C/C(=C/C1=CC=CC1P(c1cc(C(F)(F)F)cc(C(F)(F)F)c1)c1cc(C(F)(F)F)cc(C(F)(F)F)c1)CP(c1ccccc1)c1ccccc1. The lowest BCUT2D eigenvalue weighted by molar-refractivity contribution is -0.144. The first kappa shape index (κ1) is 38.4. The predicted octanol–water partition coefficient (Wildman–Crippen LogP) is 11.1. The van der Waals surface area contributed by atoms with E-state index in [0.29, 0.717) is 36.0 Å². The van der Waals surface area contributed by atoms with Crippen molar-refractivity contribution in [3.63, 3.8) is 0 Å². The lowest BCUT2D eigenvalue weighted by Crippen LogP contribution is -2.26. The quantitative estimate of drug-likeness (QED) is 0.124. The normalized spacial score (nSPS) is 15.9. The molecule has 0 saturated carbocycles. The minimum absolute atomic E-state index is 0.134. The van der Waals surface area contributed by atoms with Crippen LogP contribution in [-0.4, -0.2) is 11.8 Å². The molecule has 0 aliphatic heterocycles. The Hall–Kier alpha value is -3.88. The Morgan fingerprint density at radius 2 is 0.922 bits per heavy atom. The van der Waals surface area contributed by atoms with Crippen molar-refractivity contribution in [3.8, 4) is 0 Å². The van der Waals surface area contributed by atoms with Gasteiger partial charge in [0.1, 0.15) is 0 Å². The number of hydrogen-bond donors (Lipinski definition) is 0. The molecule has 1 aliphatic rings. The summed E-state index contributed by atoms with van der Waals surface area (Å²) in [4.78, 5) is 0. The van der Waals surface area contributed by atoms with Gasteiger partial charge in [0, 0.05) is 5.66 Å². The van der Waals surface area contributed by atoms with Crippen LogP contribution in [0.3, 0.4) is 0 Å². The fourth-order valence-electron chi connectivity index (χ4n) is 5.60. The summed E-state index contributed by atoms with van der Waals surface area (Å²) in [6, 6.07) is 20.2. The molecule has 4 aromatic carbocycles. The fourth-order valence-corrected chi connectivity index (χ4v) is 10.7. The second-order valence-corrected chi connectivity index (χ2v) is 16.2. The molecule has 0 N–H and O–H groups in total. The smallest absolute Gasteiger partial charge is 0.166 e. The van der Waals surface area contributed by atoms with Crippen LogP contribution in [-0.2, 0) is 24.7 Å². The molecule has 1 atom stereocenters. The summed E-state index contributed by atoms with van der Waals surface area (Å²) in [6.45, 7) is 1.76. The Balaban J connectivity index is 1.68. The molecule has 1 unspecified atom stereocenters.